The van der Waals surface area contributed by atoms with Gasteiger partial charge in [0.25, 0.3) is 15.7 Å². The molecule has 0 radical (unpaired) electrons. The number of nitro groups is 1. The Kier molecular flexibility index (Phi) is 4.15. The lowest BCUT2D eigenvalue weighted by Gasteiger charge is -2.09. The van der Waals surface area contributed by atoms with Crippen molar-refractivity contribution in [3.63, 3.8) is 0 Å². The van der Waals surface area contributed by atoms with Crippen molar-refractivity contribution in [3.05, 3.63) is 63.2 Å². The van der Waals surface area contributed by atoms with Gasteiger partial charge in [-0.2, -0.15) is 0 Å². The van der Waals surface area contributed by atoms with E-state index < -0.39 is 20.6 Å². The average molecular weight is 327 g/mol. The van der Waals surface area contributed by atoms with Crippen LogP contribution < -0.4 is 4.72 Å². The van der Waals surface area contributed by atoms with Crippen LogP contribution in [0.2, 0.25) is 5.02 Å². The van der Waals surface area contributed by atoms with E-state index in [1.165, 1.54) is 12.1 Å². The summed E-state index contributed by atoms with van der Waals surface area (Å²) in [7, 11) is -3.92. The third-order valence-corrected chi connectivity index (χ3v) is 4.39. The molecule has 2 aromatic carbocycles. The molecule has 0 aromatic heterocycles. The van der Waals surface area contributed by atoms with Crippen LogP contribution in [-0.2, 0) is 10.0 Å². The minimum atomic E-state index is -3.92. The zero-order valence-electron chi connectivity index (χ0n) is 10.9. The summed E-state index contributed by atoms with van der Waals surface area (Å²) in [6, 6.07) is 10.1. The van der Waals surface area contributed by atoms with Crippen LogP contribution in [0.25, 0.3) is 0 Å². The Bertz CT molecular complexity index is 806. The Morgan fingerprint density at radius 1 is 1.19 bits per heavy atom. The van der Waals surface area contributed by atoms with Crippen LogP contribution in [0.4, 0.5) is 11.4 Å². The molecule has 110 valence electrons. The Morgan fingerprint density at radius 3 is 2.52 bits per heavy atom. The fourth-order valence-electron chi connectivity index (χ4n) is 1.72. The van der Waals surface area contributed by atoms with E-state index in [0.29, 0.717) is 5.69 Å². The van der Waals surface area contributed by atoms with E-state index in [0.717, 1.165) is 11.6 Å². The quantitative estimate of drug-likeness (QED) is 0.689. The van der Waals surface area contributed by atoms with Gasteiger partial charge in [-0.05, 0) is 36.8 Å². The number of aryl methyl sites for hydroxylation is 1. The second-order valence-corrected chi connectivity index (χ2v) is 6.43. The Labute approximate surface area is 126 Å². The third-order valence-electron chi connectivity index (χ3n) is 2.69. The van der Waals surface area contributed by atoms with Crippen LogP contribution in [0, 0.1) is 17.0 Å². The summed E-state index contributed by atoms with van der Waals surface area (Å²) in [6.07, 6.45) is 0. The molecule has 0 spiro atoms. The van der Waals surface area contributed by atoms with Gasteiger partial charge in [-0.3, -0.25) is 14.8 Å². The summed E-state index contributed by atoms with van der Waals surface area (Å²) in [5.74, 6) is 0. The van der Waals surface area contributed by atoms with Crippen LogP contribution in [0.15, 0.2) is 47.4 Å². The fraction of sp³-hybridized carbons (Fsp3) is 0.0769. The topological polar surface area (TPSA) is 89.3 Å². The van der Waals surface area contributed by atoms with E-state index in [1.807, 2.05) is 13.0 Å². The summed E-state index contributed by atoms with van der Waals surface area (Å²) in [5, 5.41) is 10.7. The lowest BCUT2D eigenvalue weighted by atomic mass is 10.2. The number of sulfonamides is 1. The van der Waals surface area contributed by atoms with Gasteiger partial charge in [-0.25, -0.2) is 8.42 Å². The van der Waals surface area contributed by atoms with Gasteiger partial charge in [0.05, 0.1) is 9.82 Å². The molecule has 2 aromatic rings. The molecule has 21 heavy (non-hydrogen) atoms. The highest BCUT2D eigenvalue weighted by Crippen LogP contribution is 2.28. The highest BCUT2D eigenvalue weighted by atomic mass is 35.5. The van der Waals surface area contributed by atoms with Crippen LogP contribution in [0.3, 0.4) is 0 Å². The van der Waals surface area contributed by atoms with Crippen molar-refractivity contribution in [2.75, 3.05) is 4.72 Å². The van der Waals surface area contributed by atoms with Crippen molar-refractivity contribution in [2.45, 2.75) is 11.8 Å². The maximum absolute atomic E-state index is 12.2. The van der Waals surface area contributed by atoms with Gasteiger partial charge < -0.3 is 0 Å². The van der Waals surface area contributed by atoms with Gasteiger partial charge in [0.15, 0.2) is 0 Å². The zero-order valence-corrected chi connectivity index (χ0v) is 12.5. The minimum absolute atomic E-state index is 0.116. The molecule has 0 atom stereocenters. The molecule has 0 bridgehead atoms. The lowest BCUT2D eigenvalue weighted by Crippen LogP contribution is -2.13. The normalized spacial score (nSPS) is 11.1. The summed E-state index contributed by atoms with van der Waals surface area (Å²) in [5.41, 5.74) is 0.814. The third kappa shape index (κ3) is 3.50. The van der Waals surface area contributed by atoms with Crippen molar-refractivity contribution >= 4 is 33.0 Å². The Hall–Kier alpha value is -2.12. The molecule has 0 aliphatic heterocycles. The predicted octanol–water partition coefficient (Wildman–Crippen LogP) is 3.36. The number of nitro benzene ring substituents is 1. The highest BCUT2D eigenvalue weighted by Gasteiger charge is 2.20. The van der Waals surface area contributed by atoms with Crippen LogP contribution in [-0.4, -0.2) is 13.3 Å². The molecule has 0 aliphatic rings. The minimum Gasteiger partial charge on any atom is -0.280 e. The first-order chi connectivity index (χ1) is 9.79. The predicted molar refractivity (Wildman–Crippen MR) is 80.1 cm³/mol. The molecule has 0 fully saturated rings. The van der Waals surface area contributed by atoms with E-state index in [4.69, 9.17) is 11.6 Å². The van der Waals surface area contributed by atoms with Crippen LogP contribution in [0.1, 0.15) is 5.56 Å². The average Bonchev–Trinajstić information content (AvgIpc) is 2.38. The Balaban J connectivity index is 2.40. The fourth-order valence-corrected chi connectivity index (χ4v) is 2.98. The van der Waals surface area contributed by atoms with Gasteiger partial charge in [0.1, 0.15) is 5.02 Å². The van der Waals surface area contributed by atoms with Crippen molar-refractivity contribution in [1.82, 2.24) is 0 Å². The highest BCUT2D eigenvalue weighted by molar-refractivity contribution is 7.92. The van der Waals surface area contributed by atoms with Gasteiger partial charge in [0.2, 0.25) is 0 Å². The van der Waals surface area contributed by atoms with Gasteiger partial charge in [0, 0.05) is 11.8 Å². The SMILES string of the molecule is Cc1cccc(NS(=O)(=O)c2ccc(Cl)c([N+](=O)[O-])c2)c1. The molecule has 0 heterocycles. The second-order valence-electron chi connectivity index (χ2n) is 4.35. The van der Waals surface area contributed by atoms with Gasteiger partial charge >= 0.3 is 0 Å². The number of anilines is 1. The molecule has 0 saturated heterocycles. The van der Waals surface area contributed by atoms with E-state index in [1.54, 1.807) is 18.2 Å². The molecule has 8 heteroatoms. The van der Waals surface area contributed by atoms with Crippen LogP contribution >= 0.6 is 11.6 Å². The second kappa shape index (κ2) is 5.71. The zero-order chi connectivity index (χ0) is 15.6. The molecule has 0 saturated carbocycles. The number of rotatable bonds is 4. The van der Waals surface area contributed by atoms with E-state index in [9.17, 15) is 18.5 Å². The number of hydrogen-bond acceptors (Lipinski definition) is 4. The first-order valence-corrected chi connectivity index (χ1v) is 7.69. The van der Waals surface area contributed by atoms with Gasteiger partial charge in [-0.15, -0.1) is 0 Å². The van der Waals surface area contributed by atoms with Crippen molar-refractivity contribution in [3.8, 4) is 0 Å². The maximum Gasteiger partial charge on any atom is 0.289 e. The first-order valence-electron chi connectivity index (χ1n) is 5.83. The summed E-state index contributed by atoms with van der Waals surface area (Å²) >= 11 is 5.67. The molecular weight excluding hydrogens is 316 g/mol. The molecule has 0 amide bonds. The monoisotopic (exact) mass is 326 g/mol. The number of nitrogens with zero attached hydrogens (tertiary/aromatic N) is 1. The maximum atomic E-state index is 12.2. The van der Waals surface area contributed by atoms with Crippen molar-refractivity contribution in [1.29, 1.82) is 0 Å². The van der Waals surface area contributed by atoms with Crippen molar-refractivity contribution in [2.24, 2.45) is 0 Å². The number of nitrogens with one attached hydrogen (secondary N) is 1. The Morgan fingerprint density at radius 2 is 1.90 bits per heavy atom. The smallest absolute Gasteiger partial charge is 0.280 e. The molecule has 2 rings (SSSR count). The summed E-state index contributed by atoms with van der Waals surface area (Å²) in [4.78, 5) is 9.86. The molecule has 1 N–H and O–H groups in total. The first kappa shape index (κ1) is 15.3. The number of halogens is 1. The van der Waals surface area contributed by atoms with Gasteiger partial charge in [-0.1, -0.05) is 23.7 Å². The molecule has 0 unspecified atom stereocenters. The summed E-state index contributed by atoms with van der Waals surface area (Å²) < 4.78 is 26.8. The summed E-state index contributed by atoms with van der Waals surface area (Å²) in [6.45, 7) is 1.82. The standard InChI is InChI=1S/C13H11ClN2O4S/c1-9-3-2-4-10(7-9)15-21(19,20)11-5-6-12(14)13(8-11)16(17)18/h2-8,15H,1H3. The number of hydrogen-bond donors (Lipinski definition) is 1. The number of benzene rings is 2. The van der Waals surface area contributed by atoms with E-state index in [2.05, 4.69) is 4.72 Å². The lowest BCUT2D eigenvalue weighted by molar-refractivity contribution is -0.384. The molecule has 6 nitrogen and oxygen atoms in total. The largest absolute Gasteiger partial charge is 0.289 e. The van der Waals surface area contributed by atoms with Crippen LogP contribution in [0.5, 0.6) is 0 Å². The molecule has 0 aliphatic carbocycles. The van der Waals surface area contributed by atoms with E-state index in [-0.39, 0.29) is 9.92 Å². The van der Waals surface area contributed by atoms with E-state index >= 15 is 0 Å². The van der Waals surface area contributed by atoms with Crippen molar-refractivity contribution < 1.29 is 13.3 Å². The molecular formula is C13H11ClN2O4S.